The minimum Gasteiger partial charge on any atom is -0.493 e. The highest BCUT2D eigenvalue weighted by atomic mass is 79.9. The number of carbonyl (C=O) groups is 3. The lowest BCUT2D eigenvalue weighted by Gasteiger charge is -2.28. The van der Waals surface area contributed by atoms with E-state index in [9.17, 15) is 14.4 Å². The maximum Gasteiger partial charge on any atom is 0.294 e. The van der Waals surface area contributed by atoms with Gasteiger partial charge in [-0.1, -0.05) is 34.1 Å². The van der Waals surface area contributed by atoms with Crippen molar-refractivity contribution in [3.8, 4) is 11.5 Å². The minimum absolute atomic E-state index is 0.245. The Kier molecular flexibility index (Phi) is 9.07. The molecule has 8 nitrogen and oxygen atoms in total. The molecule has 2 saturated heterocycles. The molecule has 37 heavy (non-hydrogen) atoms. The van der Waals surface area contributed by atoms with E-state index in [4.69, 9.17) is 14.2 Å². The number of benzene rings is 2. The Bertz CT molecular complexity index is 1220. The summed E-state index contributed by atoms with van der Waals surface area (Å²) >= 11 is 4.25. The van der Waals surface area contributed by atoms with Crippen molar-refractivity contribution in [1.82, 2.24) is 9.80 Å². The van der Waals surface area contributed by atoms with Crippen LogP contribution in [0.25, 0.3) is 6.08 Å². The summed E-state index contributed by atoms with van der Waals surface area (Å²) < 4.78 is 18.0. The summed E-state index contributed by atoms with van der Waals surface area (Å²) in [6.07, 6.45) is 3.91. The van der Waals surface area contributed by atoms with Gasteiger partial charge in [0.25, 0.3) is 11.1 Å². The molecule has 0 bridgehead atoms. The third kappa shape index (κ3) is 6.63. The first kappa shape index (κ1) is 27.0. The summed E-state index contributed by atoms with van der Waals surface area (Å²) in [6, 6.07) is 11.5. The van der Waals surface area contributed by atoms with Crippen molar-refractivity contribution >= 4 is 50.8 Å². The number of nitrogens with zero attached hydrogens (tertiary/aromatic N) is 2. The molecule has 0 atom stereocenters. The average molecular weight is 587 g/mol. The van der Waals surface area contributed by atoms with Crippen molar-refractivity contribution in [2.75, 3.05) is 40.0 Å². The summed E-state index contributed by atoms with van der Waals surface area (Å²) in [4.78, 5) is 41.0. The molecule has 2 aliphatic rings. The predicted molar refractivity (Wildman–Crippen MR) is 145 cm³/mol. The molecule has 0 radical (unpaired) electrons. The summed E-state index contributed by atoms with van der Waals surface area (Å²) in [5, 5.41) is -0.467. The van der Waals surface area contributed by atoms with Gasteiger partial charge in [0.15, 0.2) is 11.5 Å². The molecule has 0 saturated carbocycles. The zero-order chi connectivity index (χ0) is 26.4. The maximum absolute atomic E-state index is 13.0. The Morgan fingerprint density at radius 3 is 2.59 bits per heavy atom. The fraction of sp³-hybridized carbons (Fsp3) is 0.296. The van der Waals surface area contributed by atoms with Crippen molar-refractivity contribution in [2.24, 2.45) is 0 Å². The molecule has 0 spiro atoms. The van der Waals surface area contributed by atoms with Gasteiger partial charge in [0.1, 0.15) is 13.2 Å². The lowest BCUT2D eigenvalue weighted by atomic mass is 10.0. The van der Waals surface area contributed by atoms with Crippen LogP contribution in [0, 0.1) is 0 Å². The minimum atomic E-state index is -0.489. The standard InChI is InChI=1S/C27H27BrN2O6S/c1-3-4-20-13-19(14-22(34-2)25(20)36-17-18-5-7-21(28)8-6-18)15-23-26(32)30(27(33)37-23)16-24(31)29-9-11-35-12-10-29/h3,5-8,13-15H,1,4,9-12,16-17H2,2H3/b23-15-. The molecular weight excluding hydrogens is 560 g/mol. The fourth-order valence-corrected chi connectivity index (χ4v) is 5.06. The Balaban J connectivity index is 1.53. The van der Waals surface area contributed by atoms with Gasteiger partial charge in [-0.25, -0.2) is 0 Å². The molecule has 2 heterocycles. The number of rotatable bonds is 9. The van der Waals surface area contributed by atoms with Crippen LogP contribution in [0.3, 0.4) is 0 Å². The topological polar surface area (TPSA) is 85.4 Å². The van der Waals surface area contributed by atoms with Gasteiger partial charge >= 0.3 is 0 Å². The number of amides is 3. The Morgan fingerprint density at radius 2 is 1.92 bits per heavy atom. The van der Waals surface area contributed by atoms with Crippen molar-refractivity contribution < 1.29 is 28.6 Å². The van der Waals surface area contributed by atoms with Crippen LogP contribution >= 0.6 is 27.7 Å². The molecule has 2 fully saturated rings. The van der Waals surface area contributed by atoms with Crippen LogP contribution in [-0.2, 0) is 27.4 Å². The first-order chi connectivity index (χ1) is 17.9. The van der Waals surface area contributed by atoms with Gasteiger partial charge in [0.05, 0.1) is 25.2 Å². The number of carbonyl (C=O) groups excluding carboxylic acids is 3. The number of morpholine rings is 1. The number of methoxy groups -OCH3 is 1. The monoisotopic (exact) mass is 586 g/mol. The molecule has 0 N–H and O–H groups in total. The van der Waals surface area contributed by atoms with E-state index in [1.807, 2.05) is 30.3 Å². The summed E-state index contributed by atoms with van der Waals surface area (Å²) in [5.41, 5.74) is 2.51. The Morgan fingerprint density at radius 1 is 1.19 bits per heavy atom. The van der Waals surface area contributed by atoms with Crippen LogP contribution < -0.4 is 9.47 Å². The first-order valence-electron chi connectivity index (χ1n) is 11.7. The van der Waals surface area contributed by atoms with E-state index >= 15 is 0 Å². The van der Waals surface area contributed by atoms with Crippen LogP contribution in [0.4, 0.5) is 4.79 Å². The second-order valence-electron chi connectivity index (χ2n) is 8.38. The predicted octanol–water partition coefficient (Wildman–Crippen LogP) is 4.66. The zero-order valence-electron chi connectivity index (χ0n) is 20.4. The van der Waals surface area contributed by atoms with Crippen LogP contribution in [0.5, 0.6) is 11.5 Å². The van der Waals surface area contributed by atoms with Crippen LogP contribution in [0.1, 0.15) is 16.7 Å². The van der Waals surface area contributed by atoms with Crippen molar-refractivity contribution in [3.63, 3.8) is 0 Å². The molecular formula is C27H27BrN2O6S. The maximum atomic E-state index is 13.0. The SMILES string of the molecule is C=CCc1cc(/C=C2\SC(=O)N(CC(=O)N3CCOCC3)C2=O)cc(OC)c1OCc1ccc(Br)cc1. The zero-order valence-corrected chi connectivity index (χ0v) is 22.8. The molecule has 3 amide bonds. The molecule has 194 valence electrons. The van der Waals surface area contributed by atoms with Gasteiger partial charge in [-0.05, 0) is 59.7 Å². The third-order valence-electron chi connectivity index (χ3n) is 5.86. The highest BCUT2D eigenvalue weighted by molar-refractivity contribution is 9.10. The number of imide groups is 1. The largest absolute Gasteiger partial charge is 0.493 e. The van der Waals surface area contributed by atoms with Crippen LogP contribution in [0.15, 0.2) is 58.4 Å². The average Bonchev–Trinajstić information content (AvgIpc) is 3.16. The van der Waals surface area contributed by atoms with Crippen LogP contribution in [-0.4, -0.2) is 66.8 Å². The lowest BCUT2D eigenvalue weighted by molar-refractivity contribution is -0.139. The Labute approximate surface area is 228 Å². The van der Waals surface area contributed by atoms with Gasteiger partial charge in [-0.3, -0.25) is 19.3 Å². The van der Waals surface area contributed by atoms with Gasteiger partial charge in [-0.2, -0.15) is 0 Å². The van der Waals surface area contributed by atoms with E-state index in [1.54, 1.807) is 30.2 Å². The molecule has 4 rings (SSSR count). The number of ether oxygens (including phenoxy) is 3. The fourth-order valence-electron chi connectivity index (χ4n) is 3.96. The number of thioether (sulfide) groups is 1. The highest BCUT2D eigenvalue weighted by Gasteiger charge is 2.37. The molecule has 0 unspecified atom stereocenters. The van der Waals surface area contributed by atoms with Gasteiger partial charge < -0.3 is 19.1 Å². The highest BCUT2D eigenvalue weighted by Crippen LogP contribution is 2.37. The first-order valence-corrected chi connectivity index (χ1v) is 13.3. The summed E-state index contributed by atoms with van der Waals surface area (Å²) in [6.45, 7) is 5.71. The smallest absolute Gasteiger partial charge is 0.294 e. The third-order valence-corrected chi connectivity index (χ3v) is 7.30. The van der Waals surface area contributed by atoms with E-state index in [2.05, 4.69) is 22.5 Å². The number of hydrogen-bond acceptors (Lipinski definition) is 7. The van der Waals surface area contributed by atoms with E-state index in [0.717, 1.165) is 32.3 Å². The van der Waals surface area contributed by atoms with Crippen LogP contribution in [0.2, 0.25) is 0 Å². The number of allylic oxidation sites excluding steroid dienone is 1. The van der Waals surface area contributed by atoms with E-state index < -0.39 is 11.1 Å². The summed E-state index contributed by atoms with van der Waals surface area (Å²) in [5.74, 6) is 0.335. The molecule has 2 aliphatic heterocycles. The van der Waals surface area contributed by atoms with Crippen molar-refractivity contribution in [3.05, 3.63) is 75.1 Å². The molecule has 10 heteroatoms. The quantitative estimate of drug-likeness (QED) is 0.312. The van der Waals surface area contributed by atoms with Gasteiger partial charge in [0.2, 0.25) is 5.91 Å². The van der Waals surface area contributed by atoms with E-state index in [1.165, 1.54) is 0 Å². The Hall–Kier alpha value is -3.08. The molecule has 0 aromatic heterocycles. The second kappa shape index (κ2) is 12.4. The van der Waals surface area contributed by atoms with E-state index in [0.29, 0.717) is 56.4 Å². The second-order valence-corrected chi connectivity index (χ2v) is 10.3. The van der Waals surface area contributed by atoms with Gasteiger partial charge in [-0.15, -0.1) is 6.58 Å². The number of halogens is 1. The van der Waals surface area contributed by atoms with Crippen molar-refractivity contribution in [1.29, 1.82) is 0 Å². The lowest BCUT2D eigenvalue weighted by Crippen LogP contribution is -2.46. The molecule has 2 aromatic carbocycles. The van der Waals surface area contributed by atoms with E-state index in [-0.39, 0.29) is 17.4 Å². The van der Waals surface area contributed by atoms with Crippen molar-refractivity contribution in [2.45, 2.75) is 13.0 Å². The summed E-state index contributed by atoms with van der Waals surface area (Å²) in [7, 11) is 1.55. The normalized spacial score (nSPS) is 16.9. The number of hydrogen-bond donors (Lipinski definition) is 0. The molecule has 2 aromatic rings. The molecule has 0 aliphatic carbocycles. The van der Waals surface area contributed by atoms with Gasteiger partial charge in [0, 0.05) is 23.1 Å².